The molecule has 2 amide bonds. The second-order valence-electron chi connectivity index (χ2n) is 2.95. The van der Waals surface area contributed by atoms with Gasteiger partial charge in [0.15, 0.2) is 0 Å². The van der Waals surface area contributed by atoms with Gasteiger partial charge >= 0.3 is 6.03 Å². The van der Waals surface area contributed by atoms with Crippen LogP contribution in [0.5, 0.6) is 0 Å². The molecule has 0 aliphatic carbocycles. The van der Waals surface area contributed by atoms with Crippen LogP contribution in [0.2, 0.25) is 0 Å². The van der Waals surface area contributed by atoms with Gasteiger partial charge < -0.3 is 5.32 Å². The molecule has 0 saturated heterocycles. The predicted molar refractivity (Wildman–Crippen MR) is 56.9 cm³/mol. The van der Waals surface area contributed by atoms with Crippen LogP contribution >= 0.6 is 0 Å². The van der Waals surface area contributed by atoms with E-state index in [1.54, 1.807) is 5.01 Å². The average molecular weight is 193 g/mol. The maximum atomic E-state index is 11.3. The zero-order valence-corrected chi connectivity index (χ0v) is 8.45. The topological polar surface area (TPSA) is 44.4 Å². The number of para-hydroxylation sites is 1. The molecular formula is C10H15N3O. The van der Waals surface area contributed by atoms with Crippen molar-refractivity contribution in [3.8, 4) is 0 Å². The molecule has 76 valence electrons. The number of nitrogens with zero attached hydrogens (tertiary/aromatic N) is 1. The number of benzene rings is 1. The molecule has 0 atom stereocenters. The first kappa shape index (κ1) is 10.5. The zero-order chi connectivity index (χ0) is 10.4. The van der Waals surface area contributed by atoms with Crippen LogP contribution in [0, 0.1) is 0 Å². The molecule has 0 unspecified atom stereocenters. The zero-order valence-electron chi connectivity index (χ0n) is 8.45. The van der Waals surface area contributed by atoms with Gasteiger partial charge in [0.25, 0.3) is 0 Å². The molecule has 0 aliphatic heterocycles. The highest BCUT2D eigenvalue weighted by Gasteiger charge is 2.01. The fourth-order valence-corrected chi connectivity index (χ4v) is 0.933. The van der Waals surface area contributed by atoms with E-state index < -0.39 is 0 Å². The van der Waals surface area contributed by atoms with E-state index in [2.05, 4.69) is 10.7 Å². The summed E-state index contributed by atoms with van der Waals surface area (Å²) in [5.41, 5.74) is 3.45. The molecule has 14 heavy (non-hydrogen) atoms. The summed E-state index contributed by atoms with van der Waals surface area (Å²) in [6, 6.07) is 9.11. The van der Waals surface area contributed by atoms with Crippen LogP contribution in [-0.4, -0.2) is 24.6 Å². The molecule has 4 nitrogen and oxygen atoms in total. The SMILES string of the molecule is CCN(C)NC(=O)Nc1ccccc1. The fourth-order valence-electron chi connectivity index (χ4n) is 0.933. The third kappa shape index (κ3) is 3.45. The Hall–Kier alpha value is -1.55. The largest absolute Gasteiger partial charge is 0.333 e. The number of carbonyl (C=O) groups excluding carboxylic acids is 1. The van der Waals surface area contributed by atoms with Gasteiger partial charge in [-0.25, -0.2) is 9.80 Å². The van der Waals surface area contributed by atoms with E-state index >= 15 is 0 Å². The lowest BCUT2D eigenvalue weighted by Gasteiger charge is -2.15. The number of hydrogen-bond acceptors (Lipinski definition) is 2. The van der Waals surface area contributed by atoms with E-state index in [1.807, 2.05) is 44.3 Å². The molecule has 2 N–H and O–H groups in total. The van der Waals surface area contributed by atoms with Gasteiger partial charge in [0.2, 0.25) is 0 Å². The third-order valence-electron chi connectivity index (χ3n) is 1.80. The molecule has 1 rings (SSSR count). The van der Waals surface area contributed by atoms with Crippen molar-refractivity contribution in [3.63, 3.8) is 0 Å². The average Bonchev–Trinajstić information content (AvgIpc) is 2.19. The second-order valence-corrected chi connectivity index (χ2v) is 2.95. The monoisotopic (exact) mass is 193 g/mol. The Labute approximate surface area is 83.9 Å². The van der Waals surface area contributed by atoms with E-state index in [0.717, 1.165) is 12.2 Å². The highest BCUT2D eigenvalue weighted by molar-refractivity contribution is 5.88. The molecule has 0 aliphatic rings. The summed E-state index contributed by atoms with van der Waals surface area (Å²) in [6.45, 7) is 2.73. The summed E-state index contributed by atoms with van der Waals surface area (Å²) in [5.74, 6) is 0. The van der Waals surface area contributed by atoms with E-state index in [9.17, 15) is 4.79 Å². The van der Waals surface area contributed by atoms with E-state index in [4.69, 9.17) is 0 Å². The third-order valence-corrected chi connectivity index (χ3v) is 1.80. The standard InChI is InChI=1S/C10H15N3O/c1-3-13(2)12-10(14)11-9-7-5-4-6-8-9/h4-8H,3H2,1-2H3,(H2,11,12,14). The maximum Gasteiger partial charge on any atom is 0.333 e. The van der Waals surface area contributed by atoms with Crippen LogP contribution < -0.4 is 10.7 Å². The molecule has 1 aromatic rings. The Bertz CT molecular complexity index is 287. The lowest BCUT2D eigenvalue weighted by atomic mass is 10.3. The smallest absolute Gasteiger partial charge is 0.307 e. The molecular weight excluding hydrogens is 178 g/mol. The summed E-state index contributed by atoms with van der Waals surface area (Å²) in [5, 5.41) is 4.42. The van der Waals surface area contributed by atoms with Gasteiger partial charge in [0, 0.05) is 19.3 Å². The lowest BCUT2D eigenvalue weighted by molar-refractivity contribution is 0.213. The quantitative estimate of drug-likeness (QED) is 0.717. The summed E-state index contributed by atoms with van der Waals surface area (Å²) in [6.07, 6.45) is 0. The second kappa shape index (κ2) is 5.24. The number of hydrogen-bond donors (Lipinski definition) is 2. The molecule has 1 aromatic carbocycles. The molecule has 0 bridgehead atoms. The van der Waals surface area contributed by atoms with E-state index in [-0.39, 0.29) is 6.03 Å². The minimum absolute atomic E-state index is 0.222. The number of amides is 2. The molecule has 0 radical (unpaired) electrons. The number of anilines is 1. The maximum absolute atomic E-state index is 11.3. The minimum Gasteiger partial charge on any atom is -0.307 e. The summed E-state index contributed by atoms with van der Waals surface area (Å²) < 4.78 is 0. The van der Waals surface area contributed by atoms with E-state index in [1.165, 1.54) is 0 Å². The molecule has 0 heterocycles. The van der Waals surface area contributed by atoms with Crippen molar-refractivity contribution in [1.29, 1.82) is 0 Å². The molecule has 0 aromatic heterocycles. The number of hydrazine groups is 1. The molecule has 0 saturated carbocycles. The first-order valence-electron chi connectivity index (χ1n) is 4.56. The Morgan fingerprint density at radius 3 is 2.57 bits per heavy atom. The van der Waals surface area contributed by atoms with Gasteiger partial charge in [0.05, 0.1) is 0 Å². The number of urea groups is 1. The van der Waals surface area contributed by atoms with Crippen molar-refractivity contribution in [2.45, 2.75) is 6.92 Å². The minimum atomic E-state index is -0.222. The normalized spacial score (nSPS) is 9.93. The van der Waals surface area contributed by atoms with Crippen LogP contribution in [0.15, 0.2) is 30.3 Å². The number of rotatable bonds is 3. The summed E-state index contributed by atoms with van der Waals surface area (Å²) in [7, 11) is 1.81. The van der Waals surface area contributed by atoms with Crippen LogP contribution in [0.3, 0.4) is 0 Å². The summed E-state index contributed by atoms with van der Waals surface area (Å²) in [4.78, 5) is 11.3. The highest BCUT2D eigenvalue weighted by Crippen LogP contribution is 2.03. The van der Waals surface area contributed by atoms with Gasteiger partial charge in [-0.2, -0.15) is 0 Å². The fraction of sp³-hybridized carbons (Fsp3) is 0.300. The van der Waals surface area contributed by atoms with Crippen molar-refractivity contribution in [2.24, 2.45) is 0 Å². The van der Waals surface area contributed by atoms with Crippen molar-refractivity contribution < 1.29 is 4.79 Å². The van der Waals surface area contributed by atoms with Crippen LogP contribution in [0.4, 0.5) is 10.5 Å². The van der Waals surface area contributed by atoms with Crippen LogP contribution in [-0.2, 0) is 0 Å². The van der Waals surface area contributed by atoms with Crippen molar-refractivity contribution in [2.75, 3.05) is 18.9 Å². The Morgan fingerprint density at radius 2 is 2.00 bits per heavy atom. The number of carbonyl (C=O) groups is 1. The van der Waals surface area contributed by atoms with Crippen molar-refractivity contribution in [1.82, 2.24) is 10.4 Å². The van der Waals surface area contributed by atoms with Gasteiger partial charge in [-0.1, -0.05) is 25.1 Å². The van der Waals surface area contributed by atoms with Gasteiger partial charge in [-0.05, 0) is 12.1 Å². The Balaban J connectivity index is 2.42. The Morgan fingerprint density at radius 1 is 1.36 bits per heavy atom. The van der Waals surface area contributed by atoms with Gasteiger partial charge in [-0.15, -0.1) is 0 Å². The lowest BCUT2D eigenvalue weighted by Crippen LogP contribution is -2.41. The van der Waals surface area contributed by atoms with E-state index in [0.29, 0.717) is 0 Å². The molecule has 4 heteroatoms. The van der Waals surface area contributed by atoms with Crippen molar-refractivity contribution in [3.05, 3.63) is 30.3 Å². The first-order valence-corrected chi connectivity index (χ1v) is 4.56. The van der Waals surface area contributed by atoms with Gasteiger partial charge in [-0.3, -0.25) is 5.43 Å². The van der Waals surface area contributed by atoms with Gasteiger partial charge in [0.1, 0.15) is 0 Å². The Kier molecular flexibility index (Phi) is 3.94. The highest BCUT2D eigenvalue weighted by atomic mass is 16.2. The summed E-state index contributed by atoms with van der Waals surface area (Å²) >= 11 is 0. The molecule has 0 spiro atoms. The molecule has 0 fully saturated rings. The number of nitrogens with one attached hydrogen (secondary N) is 2. The van der Waals surface area contributed by atoms with Crippen molar-refractivity contribution >= 4 is 11.7 Å². The predicted octanol–water partition coefficient (Wildman–Crippen LogP) is 1.67. The van der Waals surface area contributed by atoms with Crippen LogP contribution in [0.1, 0.15) is 6.92 Å². The first-order chi connectivity index (χ1) is 6.72. The van der Waals surface area contributed by atoms with Crippen LogP contribution in [0.25, 0.3) is 0 Å².